The molecule has 0 aliphatic heterocycles. The highest BCUT2D eigenvalue weighted by Gasteiger charge is 2.31. The molecule has 0 aromatic heterocycles. The van der Waals surface area contributed by atoms with E-state index >= 15 is 0 Å². The van der Waals surface area contributed by atoms with Gasteiger partial charge in [-0.1, -0.05) is 12.8 Å². The third-order valence-electron chi connectivity index (χ3n) is 4.75. The minimum absolute atomic E-state index is 0.296. The summed E-state index contributed by atoms with van der Waals surface area (Å²) in [6, 6.07) is 0. The van der Waals surface area contributed by atoms with E-state index in [2.05, 4.69) is 0 Å². The van der Waals surface area contributed by atoms with Gasteiger partial charge in [0.2, 0.25) is 0 Å². The molecule has 4 atom stereocenters. The summed E-state index contributed by atoms with van der Waals surface area (Å²) in [5.74, 6) is -5.22. The molecule has 8 nitrogen and oxygen atoms in total. The molecule has 0 radical (unpaired) electrons. The summed E-state index contributed by atoms with van der Waals surface area (Å²) < 4.78 is 0. The fourth-order valence-electron chi connectivity index (χ4n) is 3.28. The minimum Gasteiger partial charge on any atom is -0.481 e. The van der Waals surface area contributed by atoms with Crippen LogP contribution in [0.25, 0.3) is 0 Å². The van der Waals surface area contributed by atoms with Crippen LogP contribution in [0.5, 0.6) is 0 Å². The van der Waals surface area contributed by atoms with Gasteiger partial charge >= 0.3 is 23.9 Å². The molecule has 0 saturated heterocycles. The Morgan fingerprint density at radius 2 is 0.708 bits per heavy atom. The highest BCUT2D eigenvalue weighted by molar-refractivity contribution is 5.74. The Labute approximate surface area is 139 Å². The first-order chi connectivity index (χ1) is 11.2. The maximum Gasteiger partial charge on any atom is 0.306 e. The van der Waals surface area contributed by atoms with Gasteiger partial charge in [0, 0.05) is 0 Å². The summed E-state index contributed by atoms with van der Waals surface area (Å²) in [5.41, 5.74) is 0. The first kappa shape index (κ1) is 19.9. The van der Waals surface area contributed by atoms with Gasteiger partial charge in [0.1, 0.15) is 0 Å². The molecule has 0 spiro atoms. The first-order valence-corrected chi connectivity index (χ1v) is 8.13. The SMILES string of the molecule is O=C(O)[C@@H]1CCC[C@H](C(=O)O)C1.O=C(O)[C@@H]1CCC[C@H](C(=O)O)C1. The maximum absolute atomic E-state index is 10.5. The van der Waals surface area contributed by atoms with Gasteiger partial charge in [-0.3, -0.25) is 19.2 Å². The summed E-state index contributed by atoms with van der Waals surface area (Å²) in [4.78, 5) is 42.1. The second-order valence-electron chi connectivity index (χ2n) is 6.47. The van der Waals surface area contributed by atoms with E-state index in [-0.39, 0.29) is 0 Å². The molecule has 2 aliphatic carbocycles. The Morgan fingerprint density at radius 3 is 0.875 bits per heavy atom. The molecule has 2 saturated carbocycles. The Morgan fingerprint density at radius 1 is 0.500 bits per heavy atom. The maximum atomic E-state index is 10.5. The highest BCUT2D eigenvalue weighted by atomic mass is 16.4. The lowest BCUT2D eigenvalue weighted by Gasteiger charge is -2.23. The average molecular weight is 344 g/mol. The monoisotopic (exact) mass is 344 g/mol. The second kappa shape index (κ2) is 9.24. The number of carboxylic acid groups (broad SMARTS) is 4. The molecule has 0 aromatic carbocycles. The van der Waals surface area contributed by atoms with Gasteiger partial charge in [-0.05, 0) is 38.5 Å². The second-order valence-corrected chi connectivity index (χ2v) is 6.47. The Bertz CT molecular complexity index is 402. The smallest absolute Gasteiger partial charge is 0.306 e. The van der Waals surface area contributed by atoms with Crippen LogP contribution in [0.3, 0.4) is 0 Å². The van der Waals surface area contributed by atoms with E-state index in [0.717, 1.165) is 0 Å². The summed E-state index contributed by atoms with van der Waals surface area (Å²) in [7, 11) is 0. The van der Waals surface area contributed by atoms with Gasteiger partial charge in [0.25, 0.3) is 0 Å². The van der Waals surface area contributed by atoms with Gasteiger partial charge < -0.3 is 20.4 Å². The van der Waals surface area contributed by atoms with Crippen molar-refractivity contribution < 1.29 is 39.6 Å². The van der Waals surface area contributed by atoms with Crippen molar-refractivity contribution in [2.24, 2.45) is 23.7 Å². The van der Waals surface area contributed by atoms with Crippen LogP contribution >= 0.6 is 0 Å². The summed E-state index contributed by atoms with van der Waals surface area (Å²) in [6.45, 7) is 0. The molecule has 0 bridgehead atoms. The van der Waals surface area contributed by atoms with Gasteiger partial charge in [-0.15, -0.1) is 0 Å². The number of rotatable bonds is 4. The van der Waals surface area contributed by atoms with Crippen LogP contribution in [-0.2, 0) is 19.2 Å². The van der Waals surface area contributed by atoms with Crippen LogP contribution in [-0.4, -0.2) is 44.3 Å². The van der Waals surface area contributed by atoms with Gasteiger partial charge in [0.05, 0.1) is 23.7 Å². The fourth-order valence-corrected chi connectivity index (χ4v) is 3.28. The lowest BCUT2D eigenvalue weighted by Crippen LogP contribution is -2.26. The molecule has 0 heterocycles. The van der Waals surface area contributed by atoms with Crippen LogP contribution in [0.4, 0.5) is 0 Å². The molecule has 136 valence electrons. The van der Waals surface area contributed by atoms with Crippen molar-refractivity contribution in [2.75, 3.05) is 0 Å². The molecule has 2 rings (SSSR count). The normalized spacial score (nSPS) is 29.7. The van der Waals surface area contributed by atoms with Crippen molar-refractivity contribution in [2.45, 2.75) is 51.4 Å². The summed E-state index contributed by atoms with van der Waals surface area (Å²) in [6.07, 6.45) is 4.52. The van der Waals surface area contributed by atoms with Crippen LogP contribution in [0.2, 0.25) is 0 Å². The van der Waals surface area contributed by atoms with Crippen molar-refractivity contribution in [3.63, 3.8) is 0 Å². The number of carbonyl (C=O) groups is 4. The van der Waals surface area contributed by atoms with Crippen LogP contribution < -0.4 is 0 Å². The van der Waals surface area contributed by atoms with Gasteiger partial charge in [-0.2, -0.15) is 0 Å². The largest absolute Gasteiger partial charge is 0.481 e. The summed E-state index contributed by atoms with van der Waals surface area (Å²) in [5, 5.41) is 34.6. The number of aliphatic carboxylic acids is 4. The molecule has 2 fully saturated rings. The lowest BCUT2D eigenvalue weighted by atomic mass is 9.81. The standard InChI is InChI=1S/2C8H12O4/c2*9-7(10)5-2-1-3-6(4-5)8(11)12/h2*5-6H,1-4H2,(H,9,10)(H,11,12)/t2*5-,6+. The predicted molar refractivity (Wildman–Crippen MR) is 81.4 cm³/mol. The van der Waals surface area contributed by atoms with Crippen LogP contribution in [0.1, 0.15) is 51.4 Å². The predicted octanol–water partition coefficient (Wildman–Crippen LogP) is 1.92. The van der Waals surface area contributed by atoms with Crippen molar-refractivity contribution in [1.82, 2.24) is 0 Å². The minimum atomic E-state index is -0.860. The molecule has 8 heteroatoms. The third-order valence-corrected chi connectivity index (χ3v) is 4.75. The van der Waals surface area contributed by atoms with E-state index in [1.165, 1.54) is 0 Å². The van der Waals surface area contributed by atoms with Crippen molar-refractivity contribution in [3.05, 3.63) is 0 Å². The topological polar surface area (TPSA) is 149 Å². The highest BCUT2D eigenvalue weighted by Crippen LogP contribution is 2.29. The van der Waals surface area contributed by atoms with E-state index in [4.69, 9.17) is 20.4 Å². The molecule has 0 unspecified atom stereocenters. The van der Waals surface area contributed by atoms with E-state index < -0.39 is 47.5 Å². The fraction of sp³-hybridized carbons (Fsp3) is 0.750. The first-order valence-electron chi connectivity index (χ1n) is 8.13. The molecule has 4 N–H and O–H groups in total. The average Bonchev–Trinajstić information content (AvgIpc) is 2.55. The summed E-state index contributed by atoms with van der Waals surface area (Å²) >= 11 is 0. The van der Waals surface area contributed by atoms with Crippen LogP contribution in [0, 0.1) is 23.7 Å². The molecule has 0 aromatic rings. The van der Waals surface area contributed by atoms with Crippen molar-refractivity contribution in [1.29, 1.82) is 0 Å². The van der Waals surface area contributed by atoms with Gasteiger partial charge in [0.15, 0.2) is 0 Å². The molecular weight excluding hydrogens is 320 g/mol. The Balaban J connectivity index is 0.000000240. The van der Waals surface area contributed by atoms with E-state index in [1.54, 1.807) is 0 Å². The van der Waals surface area contributed by atoms with Gasteiger partial charge in [-0.25, -0.2) is 0 Å². The van der Waals surface area contributed by atoms with Crippen molar-refractivity contribution >= 4 is 23.9 Å². The van der Waals surface area contributed by atoms with Crippen molar-refractivity contribution in [3.8, 4) is 0 Å². The zero-order chi connectivity index (χ0) is 18.3. The Kier molecular flexibility index (Phi) is 7.67. The molecular formula is C16H24O8. The molecule has 24 heavy (non-hydrogen) atoms. The van der Waals surface area contributed by atoms with E-state index in [9.17, 15) is 19.2 Å². The number of carboxylic acids is 4. The third kappa shape index (κ3) is 6.17. The van der Waals surface area contributed by atoms with Crippen LogP contribution in [0.15, 0.2) is 0 Å². The van der Waals surface area contributed by atoms with E-state index in [0.29, 0.717) is 51.4 Å². The zero-order valence-electron chi connectivity index (χ0n) is 13.4. The number of hydrogen-bond acceptors (Lipinski definition) is 4. The molecule has 2 aliphatic rings. The lowest BCUT2D eigenvalue weighted by molar-refractivity contribution is -0.149. The zero-order valence-corrected chi connectivity index (χ0v) is 13.4. The molecule has 0 amide bonds. The van der Waals surface area contributed by atoms with E-state index in [1.807, 2.05) is 0 Å². The Hall–Kier alpha value is -2.12. The quantitative estimate of drug-likeness (QED) is 0.604. The number of hydrogen-bond donors (Lipinski definition) is 4.